The maximum Gasteiger partial charge on any atom is 0.529 e. The van der Waals surface area contributed by atoms with Crippen molar-refractivity contribution in [3.05, 3.63) is 0 Å². The Morgan fingerprint density at radius 1 is 0.545 bits per heavy atom. The monoisotopic (exact) mass is 364 g/mol. The Morgan fingerprint density at radius 3 is 1.18 bits per heavy atom. The van der Waals surface area contributed by atoms with E-state index >= 15 is 0 Å². The highest BCUT2D eigenvalue weighted by Gasteiger charge is 2.59. The van der Waals surface area contributed by atoms with Crippen LogP contribution in [0, 0.1) is 0 Å². The summed E-state index contributed by atoms with van der Waals surface area (Å²) in [6.45, 7) is -2.45. The molecule has 0 aliphatic rings. The van der Waals surface area contributed by atoms with Crippen molar-refractivity contribution in [2.75, 3.05) is 6.61 Å². The van der Waals surface area contributed by atoms with Crippen LogP contribution in [0.25, 0.3) is 0 Å². The van der Waals surface area contributed by atoms with Crippen LogP contribution in [-0.4, -0.2) is 43.1 Å². The maximum atomic E-state index is 12.4. The molecule has 0 unspecified atom stereocenters. The van der Waals surface area contributed by atoms with Crippen molar-refractivity contribution in [1.82, 2.24) is 0 Å². The van der Waals surface area contributed by atoms with E-state index in [0.717, 1.165) is 0 Å². The molecule has 0 amide bonds. The first-order valence-electron chi connectivity index (χ1n) is 4.38. The molecule has 0 heterocycles. The van der Waals surface area contributed by atoms with E-state index < -0.39 is 38.0 Å². The summed E-state index contributed by atoms with van der Waals surface area (Å²) in [5.41, 5.74) is 0. The number of aliphatic hydroxyl groups is 1. The van der Waals surface area contributed by atoms with Crippen LogP contribution in [-0.2, 0) is 18.9 Å². The van der Waals surface area contributed by atoms with Crippen molar-refractivity contribution >= 4 is 0 Å². The lowest BCUT2D eigenvalue weighted by molar-refractivity contribution is -0.610. The fourth-order valence-corrected chi connectivity index (χ4v) is 0.680. The van der Waals surface area contributed by atoms with Gasteiger partial charge in [0, 0.05) is 0 Å². The number of aliphatic hydroxyl groups excluding tert-OH is 1. The SMILES string of the molecule is OCC(F)(F)OC(F)(F)OC(F)(F)OC(F)(F)OC(F)(F)F. The minimum Gasteiger partial charge on any atom is -0.387 e. The third-order valence-corrected chi connectivity index (χ3v) is 1.16. The van der Waals surface area contributed by atoms with Crippen molar-refractivity contribution in [2.24, 2.45) is 0 Å². The van der Waals surface area contributed by atoms with E-state index in [1.165, 1.54) is 0 Å². The summed E-state index contributed by atoms with van der Waals surface area (Å²) in [5, 5.41) is 7.82. The summed E-state index contributed by atoms with van der Waals surface area (Å²) in [5.74, 6) is 0. The molecule has 1 N–H and O–H groups in total. The highest BCUT2D eigenvalue weighted by Crippen LogP contribution is 2.38. The maximum absolute atomic E-state index is 12.4. The third kappa shape index (κ3) is 9.13. The average molecular weight is 364 g/mol. The second-order valence-corrected chi connectivity index (χ2v) is 3.04. The zero-order valence-electron chi connectivity index (χ0n) is 9.44. The number of halogens is 11. The molecule has 0 atom stereocenters. The Labute approximate surface area is 112 Å². The van der Waals surface area contributed by atoms with Crippen molar-refractivity contribution in [1.29, 1.82) is 0 Å². The van der Waals surface area contributed by atoms with Gasteiger partial charge in [-0.3, -0.25) is 0 Å². The molecule has 5 nitrogen and oxygen atoms in total. The largest absolute Gasteiger partial charge is 0.529 e. The lowest BCUT2D eigenvalue weighted by Gasteiger charge is -2.27. The highest BCUT2D eigenvalue weighted by molar-refractivity contribution is 4.52. The summed E-state index contributed by atoms with van der Waals surface area (Å²) in [7, 11) is 0. The minimum absolute atomic E-state index is 1.71. The molecule has 0 saturated heterocycles. The van der Waals surface area contributed by atoms with Crippen molar-refractivity contribution in [2.45, 2.75) is 31.4 Å². The van der Waals surface area contributed by atoms with E-state index in [1.807, 2.05) is 9.47 Å². The van der Waals surface area contributed by atoms with Gasteiger partial charge in [-0.1, -0.05) is 0 Å². The standard InChI is InChI=1S/C6H3F11O5/c7-2(8,1-18)19-4(12,13)21-6(16,17)22-5(14,15)20-3(9,10)11/h18H,1H2. The summed E-state index contributed by atoms with van der Waals surface area (Å²) in [4.78, 5) is 0. The molecule has 0 aliphatic carbocycles. The summed E-state index contributed by atoms with van der Waals surface area (Å²) in [6, 6.07) is 0. The smallest absolute Gasteiger partial charge is 0.387 e. The molecule has 0 fully saturated rings. The van der Waals surface area contributed by atoms with Gasteiger partial charge in [-0.2, -0.15) is 13.5 Å². The molecule has 22 heavy (non-hydrogen) atoms. The lowest BCUT2D eigenvalue weighted by Crippen LogP contribution is -2.46. The molecule has 0 spiro atoms. The van der Waals surface area contributed by atoms with Crippen LogP contribution in [0.2, 0.25) is 0 Å². The molecule has 0 bridgehead atoms. The van der Waals surface area contributed by atoms with Crippen LogP contribution >= 0.6 is 0 Å². The van der Waals surface area contributed by atoms with Crippen LogP contribution in [0.1, 0.15) is 0 Å². The molecule has 0 saturated carbocycles. The lowest BCUT2D eigenvalue weighted by atomic mass is 10.7. The van der Waals surface area contributed by atoms with E-state index in [-0.39, 0.29) is 0 Å². The van der Waals surface area contributed by atoms with Crippen LogP contribution in [0.5, 0.6) is 0 Å². The Kier molecular flexibility index (Phi) is 5.99. The van der Waals surface area contributed by atoms with Gasteiger partial charge >= 0.3 is 31.4 Å². The molecular weight excluding hydrogens is 361 g/mol. The predicted molar refractivity (Wildman–Crippen MR) is 37.3 cm³/mol. The molecule has 0 aliphatic heterocycles. The van der Waals surface area contributed by atoms with E-state index in [0.29, 0.717) is 0 Å². The van der Waals surface area contributed by atoms with Gasteiger partial charge in [0.25, 0.3) is 0 Å². The average Bonchev–Trinajstić information content (AvgIpc) is 2.06. The molecule has 16 heteroatoms. The van der Waals surface area contributed by atoms with Gasteiger partial charge in [-0.25, -0.2) is 14.2 Å². The molecule has 0 rings (SSSR count). The first-order valence-corrected chi connectivity index (χ1v) is 4.38. The van der Waals surface area contributed by atoms with E-state index in [1.54, 1.807) is 4.74 Å². The van der Waals surface area contributed by atoms with Crippen molar-refractivity contribution in [3.8, 4) is 0 Å². The second kappa shape index (κ2) is 6.26. The van der Waals surface area contributed by atoms with Crippen LogP contribution in [0.4, 0.5) is 48.3 Å². The number of alkyl halides is 11. The summed E-state index contributed by atoms with van der Waals surface area (Å²) >= 11 is 0. The molecule has 0 aromatic heterocycles. The quantitative estimate of drug-likeness (QED) is 0.530. The first kappa shape index (κ1) is 21.0. The summed E-state index contributed by atoms with van der Waals surface area (Å²) < 4.78 is 140. The second-order valence-electron chi connectivity index (χ2n) is 3.04. The minimum atomic E-state index is -6.26. The Balaban J connectivity index is 4.88. The van der Waals surface area contributed by atoms with Crippen molar-refractivity contribution < 1.29 is 72.3 Å². The van der Waals surface area contributed by atoms with Crippen molar-refractivity contribution in [3.63, 3.8) is 0 Å². The number of rotatable bonds is 8. The number of ether oxygens (including phenoxy) is 4. The van der Waals surface area contributed by atoms with Crippen LogP contribution in [0.3, 0.4) is 0 Å². The fourth-order valence-electron chi connectivity index (χ4n) is 0.680. The van der Waals surface area contributed by atoms with Gasteiger partial charge in [0.15, 0.2) is 0 Å². The number of hydrogen-bond donors (Lipinski definition) is 1. The van der Waals surface area contributed by atoms with Gasteiger partial charge < -0.3 is 5.11 Å². The normalized spacial score (nSPS) is 15.3. The Hall–Kier alpha value is -0.970. The topological polar surface area (TPSA) is 57.2 Å². The van der Waals surface area contributed by atoms with E-state index in [9.17, 15) is 48.3 Å². The van der Waals surface area contributed by atoms with Gasteiger partial charge in [0.1, 0.15) is 6.61 Å². The van der Waals surface area contributed by atoms with Gasteiger partial charge in [0.05, 0.1) is 0 Å². The van der Waals surface area contributed by atoms with Gasteiger partial charge in [0.2, 0.25) is 0 Å². The molecular formula is C6H3F11O5. The molecule has 0 radical (unpaired) electrons. The zero-order valence-corrected chi connectivity index (χ0v) is 9.44. The van der Waals surface area contributed by atoms with Gasteiger partial charge in [-0.05, 0) is 0 Å². The number of hydrogen-bond acceptors (Lipinski definition) is 5. The molecule has 0 aromatic rings. The summed E-state index contributed by atoms with van der Waals surface area (Å²) in [6.07, 6.45) is -29.9. The van der Waals surface area contributed by atoms with E-state index in [2.05, 4.69) is 4.74 Å². The Bertz CT molecular complexity index is 366. The van der Waals surface area contributed by atoms with Crippen LogP contribution in [0.15, 0.2) is 0 Å². The van der Waals surface area contributed by atoms with Crippen LogP contribution < -0.4 is 0 Å². The van der Waals surface area contributed by atoms with Gasteiger partial charge in [-0.15, -0.1) is 39.5 Å². The predicted octanol–water partition coefficient (Wildman–Crippen LogP) is 2.81. The highest BCUT2D eigenvalue weighted by atomic mass is 19.4. The first-order chi connectivity index (χ1) is 9.39. The third-order valence-electron chi connectivity index (χ3n) is 1.16. The Morgan fingerprint density at radius 2 is 0.864 bits per heavy atom. The fraction of sp³-hybridized carbons (Fsp3) is 1.00. The zero-order chi connectivity index (χ0) is 18.0. The molecule has 134 valence electrons. The molecule has 0 aromatic carbocycles. The van der Waals surface area contributed by atoms with E-state index in [4.69, 9.17) is 5.11 Å².